The van der Waals surface area contributed by atoms with E-state index in [1.54, 1.807) is 54.6 Å². The van der Waals surface area contributed by atoms with Gasteiger partial charge in [0.05, 0.1) is 20.6 Å². The Morgan fingerprint density at radius 3 is 2.12 bits per heavy atom. The fourth-order valence-electron chi connectivity index (χ4n) is 5.91. The number of nitrogens with one attached hydrogen (secondary N) is 1. The van der Waals surface area contributed by atoms with Crippen molar-refractivity contribution in [3.8, 4) is 0 Å². The third-order valence-electron chi connectivity index (χ3n) is 8.56. The molecule has 1 aliphatic rings. The molecule has 1 saturated carbocycles. The first-order valence-electron chi connectivity index (χ1n) is 15.9. The van der Waals surface area contributed by atoms with Gasteiger partial charge in [-0.25, -0.2) is 8.42 Å². The lowest BCUT2D eigenvalue weighted by atomic mass is 9.94. The fourth-order valence-corrected chi connectivity index (χ4v) is 7.77. The molecule has 1 aliphatic carbocycles. The number of anilines is 1. The maximum Gasteiger partial charge on any atom is 0.264 e. The van der Waals surface area contributed by atoms with Crippen molar-refractivity contribution >= 4 is 62.3 Å². The van der Waals surface area contributed by atoms with E-state index in [-0.39, 0.29) is 35.5 Å². The third-order valence-corrected chi connectivity index (χ3v) is 11.3. The number of halogens is 3. The number of amides is 2. The normalized spacial score (nSPS) is 14.2. The number of nitrogens with zero attached hydrogens (tertiary/aromatic N) is 2. The molecule has 252 valence electrons. The predicted octanol–water partition coefficient (Wildman–Crippen LogP) is 8.24. The predicted molar refractivity (Wildman–Crippen MR) is 193 cm³/mol. The average molecular weight is 727 g/mol. The van der Waals surface area contributed by atoms with Crippen LogP contribution in [0.4, 0.5) is 5.69 Å². The zero-order valence-electron chi connectivity index (χ0n) is 26.6. The smallest absolute Gasteiger partial charge is 0.264 e. The summed E-state index contributed by atoms with van der Waals surface area (Å²) in [5, 5.41) is 4.28. The number of hydrogen-bond donors (Lipinski definition) is 1. The molecular formula is C37H38Cl3N3O4S. The molecule has 4 aromatic carbocycles. The van der Waals surface area contributed by atoms with E-state index in [4.69, 9.17) is 34.8 Å². The summed E-state index contributed by atoms with van der Waals surface area (Å²) in [4.78, 5) is 30.4. The molecule has 5 rings (SSSR count). The van der Waals surface area contributed by atoms with Gasteiger partial charge in [0.25, 0.3) is 10.0 Å². The Hall–Kier alpha value is -3.56. The number of aryl methyl sites for hydroxylation is 1. The van der Waals surface area contributed by atoms with E-state index >= 15 is 0 Å². The first kappa shape index (κ1) is 35.7. The minimum absolute atomic E-state index is 0.000988. The molecule has 48 heavy (non-hydrogen) atoms. The lowest BCUT2D eigenvalue weighted by Gasteiger charge is -2.35. The first-order valence-corrected chi connectivity index (χ1v) is 18.5. The van der Waals surface area contributed by atoms with E-state index in [0.29, 0.717) is 20.6 Å². The summed E-state index contributed by atoms with van der Waals surface area (Å²) >= 11 is 18.8. The number of sulfonamides is 1. The van der Waals surface area contributed by atoms with Crippen LogP contribution in [0.2, 0.25) is 15.1 Å². The van der Waals surface area contributed by atoms with Gasteiger partial charge in [-0.2, -0.15) is 0 Å². The van der Waals surface area contributed by atoms with Crippen LogP contribution in [0.3, 0.4) is 0 Å². The van der Waals surface area contributed by atoms with Crippen molar-refractivity contribution < 1.29 is 18.0 Å². The molecule has 0 radical (unpaired) electrons. The van der Waals surface area contributed by atoms with Crippen LogP contribution in [0.25, 0.3) is 0 Å². The second-order valence-electron chi connectivity index (χ2n) is 12.1. The Morgan fingerprint density at radius 2 is 1.48 bits per heavy atom. The molecule has 0 saturated heterocycles. The number of carbonyl (C=O) groups excluding carboxylic acids is 2. The maximum atomic E-state index is 14.7. The van der Waals surface area contributed by atoms with Gasteiger partial charge in [0, 0.05) is 24.0 Å². The molecule has 0 bridgehead atoms. The van der Waals surface area contributed by atoms with Crippen molar-refractivity contribution in [3.63, 3.8) is 0 Å². The first-order chi connectivity index (χ1) is 23.0. The average Bonchev–Trinajstić information content (AvgIpc) is 3.08. The molecule has 0 unspecified atom stereocenters. The monoisotopic (exact) mass is 725 g/mol. The lowest BCUT2D eigenvalue weighted by molar-refractivity contribution is -0.140. The highest BCUT2D eigenvalue weighted by atomic mass is 35.5. The molecular weight excluding hydrogens is 689 g/mol. The Morgan fingerprint density at radius 1 is 0.812 bits per heavy atom. The van der Waals surface area contributed by atoms with E-state index in [0.717, 1.165) is 47.5 Å². The van der Waals surface area contributed by atoms with Gasteiger partial charge >= 0.3 is 0 Å². The van der Waals surface area contributed by atoms with Crippen molar-refractivity contribution in [3.05, 3.63) is 129 Å². The second-order valence-corrected chi connectivity index (χ2v) is 15.2. The summed E-state index contributed by atoms with van der Waals surface area (Å²) in [5.74, 6) is -0.856. The highest BCUT2D eigenvalue weighted by Gasteiger charge is 2.35. The van der Waals surface area contributed by atoms with Crippen molar-refractivity contribution in [2.24, 2.45) is 0 Å². The summed E-state index contributed by atoms with van der Waals surface area (Å²) < 4.78 is 29.5. The molecule has 11 heteroatoms. The molecule has 1 N–H and O–H groups in total. The highest BCUT2D eigenvalue weighted by Crippen LogP contribution is 2.28. The fraction of sp³-hybridized carbons (Fsp3) is 0.297. The van der Waals surface area contributed by atoms with Gasteiger partial charge in [-0.1, -0.05) is 108 Å². The number of hydrogen-bond acceptors (Lipinski definition) is 4. The van der Waals surface area contributed by atoms with E-state index < -0.39 is 28.5 Å². The third kappa shape index (κ3) is 9.11. The van der Waals surface area contributed by atoms with Crippen LogP contribution in [0, 0.1) is 6.92 Å². The summed E-state index contributed by atoms with van der Waals surface area (Å²) in [5.41, 5.74) is 2.65. The zero-order valence-corrected chi connectivity index (χ0v) is 29.7. The van der Waals surface area contributed by atoms with Crippen molar-refractivity contribution in [1.82, 2.24) is 10.2 Å². The second kappa shape index (κ2) is 16.2. The van der Waals surface area contributed by atoms with Crippen LogP contribution in [0.1, 0.15) is 48.8 Å². The molecule has 0 spiro atoms. The molecule has 2 amide bonds. The Bertz CT molecular complexity index is 1820. The summed E-state index contributed by atoms with van der Waals surface area (Å²) in [6.45, 7) is 1.29. The molecule has 0 aromatic heterocycles. The SMILES string of the molecule is Cc1ccc(S(=O)(=O)N(CC(=O)N(Cc2ccc(Cl)c(Cl)c2)[C@@H](Cc2ccccc2)C(=O)NC2CCCCC2)c2ccc(Cl)cc2)cc1. The summed E-state index contributed by atoms with van der Waals surface area (Å²) in [6.07, 6.45) is 5.11. The number of rotatable bonds is 12. The Labute approximate surface area is 297 Å². The van der Waals surface area contributed by atoms with Crippen molar-refractivity contribution in [2.75, 3.05) is 10.8 Å². The number of benzene rings is 4. The van der Waals surface area contributed by atoms with Gasteiger partial charge in [-0.3, -0.25) is 13.9 Å². The molecule has 7 nitrogen and oxygen atoms in total. The largest absolute Gasteiger partial charge is 0.352 e. The van der Waals surface area contributed by atoms with Crippen molar-refractivity contribution in [1.29, 1.82) is 0 Å². The summed E-state index contributed by atoms with van der Waals surface area (Å²) in [6, 6.07) is 26.2. The number of carbonyl (C=O) groups is 2. The van der Waals surface area contributed by atoms with Gasteiger partial charge < -0.3 is 10.2 Å². The van der Waals surface area contributed by atoms with Crippen LogP contribution in [0.5, 0.6) is 0 Å². The van der Waals surface area contributed by atoms with E-state index in [9.17, 15) is 18.0 Å². The van der Waals surface area contributed by atoms with Gasteiger partial charge in [-0.15, -0.1) is 0 Å². The van der Waals surface area contributed by atoms with Crippen LogP contribution in [0.15, 0.2) is 102 Å². The van der Waals surface area contributed by atoms with Crippen LogP contribution < -0.4 is 9.62 Å². The molecule has 0 aliphatic heterocycles. The van der Waals surface area contributed by atoms with E-state index in [2.05, 4.69) is 5.32 Å². The lowest BCUT2D eigenvalue weighted by Crippen LogP contribution is -2.55. The maximum absolute atomic E-state index is 14.7. The topological polar surface area (TPSA) is 86.8 Å². The minimum atomic E-state index is -4.22. The standard InChI is InChI=1S/C37H38Cl3N3O4S/c1-26-12-19-32(20-13-26)48(46,47)43(31-17-15-29(38)16-18-31)25-36(44)42(24-28-14-21-33(39)34(40)22-28)35(23-27-8-4-2-5-9-27)37(45)41-30-10-6-3-7-11-30/h2,4-5,8-9,12-22,30,35H,3,6-7,10-11,23-25H2,1H3,(H,41,45)/t35-/m0/s1. The van der Waals surface area contributed by atoms with E-state index in [1.165, 1.54) is 17.0 Å². The molecule has 1 fully saturated rings. The minimum Gasteiger partial charge on any atom is -0.352 e. The van der Waals surface area contributed by atoms with Gasteiger partial charge in [0.1, 0.15) is 12.6 Å². The Balaban J connectivity index is 1.57. The van der Waals surface area contributed by atoms with Crippen LogP contribution >= 0.6 is 34.8 Å². The van der Waals surface area contributed by atoms with Gasteiger partial charge in [0.2, 0.25) is 11.8 Å². The van der Waals surface area contributed by atoms with Gasteiger partial charge in [0.15, 0.2) is 0 Å². The van der Waals surface area contributed by atoms with E-state index in [1.807, 2.05) is 37.3 Å². The molecule has 4 aromatic rings. The highest BCUT2D eigenvalue weighted by molar-refractivity contribution is 7.92. The van der Waals surface area contributed by atoms with Gasteiger partial charge in [-0.05, 0) is 79.4 Å². The van der Waals surface area contributed by atoms with Crippen LogP contribution in [-0.4, -0.2) is 43.8 Å². The van der Waals surface area contributed by atoms with Crippen LogP contribution in [-0.2, 0) is 32.6 Å². The molecule has 0 heterocycles. The molecule has 1 atom stereocenters. The Kier molecular flexibility index (Phi) is 12.1. The quantitative estimate of drug-likeness (QED) is 0.159. The van der Waals surface area contributed by atoms with Crippen molar-refractivity contribution in [2.45, 2.75) is 69.0 Å². The summed E-state index contributed by atoms with van der Waals surface area (Å²) in [7, 11) is -4.22. The zero-order chi connectivity index (χ0) is 34.3.